The molecule has 7 nitrogen and oxygen atoms in total. The molecular formula is C103H127Cl6NO6P6Ti3+6. The van der Waals surface area contributed by atoms with Crippen molar-refractivity contribution in [2.75, 3.05) is 13.0 Å². The first-order valence-electron chi connectivity index (χ1n) is 42.2. The van der Waals surface area contributed by atoms with Gasteiger partial charge < -0.3 is 30.6 Å². The van der Waals surface area contributed by atoms with Crippen LogP contribution in [-0.4, -0.2) is 59.3 Å². The van der Waals surface area contributed by atoms with Crippen LogP contribution in [0.5, 0.6) is 34.5 Å². The maximum absolute atomic E-state index is 11.8. The van der Waals surface area contributed by atoms with Crippen molar-refractivity contribution in [3.63, 3.8) is 0 Å². The van der Waals surface area contributed by atoms with E-state index in [0.29, 0.717) is 45.8 Å². The van der Waals surface area contributed by atoms with Crippen molar-refractivity contribution in [3.05, 3.63) is 325 Å². The fourth-order valence-electron chi connectivity index (χ4n) is 16.7. The van der Waals surface area contributed by atoms with Gasteiger partial charge in [-0.05, 0) is 161 Å². The molecule has 0 spiro atoms. The zero-order chi connectivity index (χ0) is 91.9. The predicted molar refractivity (Wildman–Crippen MR) is 554 cm³/mol. The van der Waals surface area contributed by atoms with E-state index < -0.39 is 98.9 Å². The van der Waals surface area contributed by atoms with Crippen molar-refractivity contribution in [2.24, 2.45) is 0 Å². The summed E-state index contributed by atoms with van der Waals surface area (Å²) in [7, 11) is 22.8. The molecule has 13 rings (SSSR count). The molecule has 0 saturated heterocycles. The van der Waals surface area contributed by atoms with Crippen LogP contribution in [0.1, 0.15) is 177 Å². The minimum atomic E-state index is -1.63. The van der Waals surface area contributed by atoms with Gasteiger partial charge in [-0.1, -0.05) is 311 Å². The van der Waals surface area contributed by atoms with Gasteiger partial charge in [-0.3, -0.25) is 0 Å². The number of phenols is 6. The van der Waals surface area contributed by atoms with Crippen LogP contribution in [-0.2, 0) is 83.6 Å². The Bertz CT molecular complexity index is 5010. The van der Waals surface area contributed by atoms with Gasteiger partial charge in [0.15, 0.2) is 67.2 Å². The number of benzene rings is 12. The molecule has 12 aromatic carbocycles. The Morgan fingerprint density at radius 3 is 0.664 bits per heavy atom. The first kappa shape index (κ1) is 106. The molecular weight excluding hydrogens is 1890 g/mol. The van der Waals surface area contributed by atoms with Crippen LogP contribution in [0.15, 0.2) is 291 Å². The molecule has 0 radical (unpaired) electrons. The van der Waals surface area contributed by atoms with Gasteiger partial charge in [-0.25, -0.2) is 0 Å². The molecule has 12 aromatic rings. The molecule has 8 atom stereocenters. The number of phenolic OH excluding ortho intramolecular Hbond substituents is 6. The molecule has 658 valence electrons. The van der Waals surface area contributed by atoms with Crippen LogP contribution in [0, 0.1) is 0 Å². The van der Waals surface area contributed by atoms with Crippen LogP contribution in [0.3, 0.4) is 0 Å². The van der Waals surface area contributed by atoms with Crippen LogP contribution in [0.25, 0.3) is 0 Å². The van der Waals surface area contributed by atoms with Gasteiger partial charge in [0, 0.05) is 33.4 Å². The molecule has 1 aliphatic rings. The summed E-state index contributed by atoms with van der Waals surface area (Å²) in [6.45, 7) is 38.8. The van der Waals surface area contributed by atoms with Crippen LogP contribution in [0.2, 0.25) is 0 Å². The van der Waals surface area contributed by atoms with E-state index in [4.69, 9.17) is 55.8 Å². The predicted octanol–water partition coefficient (Wildman–Crippen LogP) is 24.9. The monoisotopic (exact) mass is 2010 g/mol. The quantitative estimate of drug-likeness (QED) is 0.0373. The SMILES string of the molecule is CC(C)(C)c1cccc([PH+](C[PH+](c2ccccc2)c2cccc(C(C)(C)C)c2O)c2ccccc2)c1O.CC(C)(C)c1cccc([PH+](c2ccccc2)C2CCCC2[PH+](c2ccccc2)c2cccc(C(C)(C)C)c2O)c1O.CN([PH+](c1ccccc1)c1cccc(C(C)(C)C)c1O)[PH+](c1ccccc1)c1cccc(C(C)(C)C)c1O.[Cl][Ti][Cl].[Cl][Ti][Cl].[Cl][Ti][Cl]. The summed E-state index contributed by atoms with van der Waals surface area (Å²) < 4.78 is 2.48. The van der Waals surface area contributed by atoms with E-state index in [0.717, 1.165) is 84.0 Å². The van der Waals surface area contributed by atoms with E-state index in [2.05, 4.69) is 391 Å². The Hall–Kier alpha value is -4.14. The van der Waals surface area contributed by atoms with E-state index >= 15 is 0 Å². The molecule has 0 aromatic heterocycles. The Balaban J connectivity index is 0.000000222. The number of hydrogen-bond donors (Lipinski definition) is 6. The van der Waals surface area contributed by atoms with Gasteiger partial charge in [-0.15, -0.1) is 0 Å². The van der Waals surface area contributed by atoms with Gasteiger partial charge in [0.05, 0.1) is 33.5 Å². The second-order valence-electron chi connectivity index (χ2n) is 37.5. The standard InChI is InChI=1S/C37H44O2P2.C33H39NO2P2.C33H38O2P2.6ClH.3Ti/c1-36(2,3)28-20-13-24-32(34(28)38)40(26-16-9-7-10-17-26)30-22-15-23-31(30)41(27-18-11-8-12-19-27)33-25-14-21-29(35(33)39)37(4,5)6;1-32(2,3)26-20-14-22-28(30(26)35)37(24-16-10-8-11-17-24)34(7)38(25-18-12-9-13-19-25)29-23-15-21-27(31(29)36)33(4,5)6;1-32(2,3)26-19-13-21-28(30(26)34)36(24-15-9-7-10-16-24)23-37(25-17-11-8-12-18-25)29-22-14-20-27(31(29)35)33(4,5)6;;;;;;;;;/h7-14,16-21,24-25,30-31,38-39H,15,22-23H2,1-6H3;8-23,35-36H,1-7H3;7-22,34-35H,23H2,1-6H3;6*1H;;;/q;;;;;;;;;3*+2. The average molecular weight is 2020 g/mol. The summed E-state index contributed by atoms with van der Waals surface area (Å²) >= 11 is -1.67. The molecule has 125 heavy (non-hydrogen) atoms. The van der Waals surface area contributed by atoms with E-state index in [9.17, 15) is 30.6 Å². The summed E-state index contributed by atoms with van der Waals surface area (Å²) in [5.74, 6) is 3.48. The number of hydrogen-bond acceptors (Lipinski definition) is 7. The molecule has 6 N–H and O–H groups in total. The van der Waals surface area contributed by atoms with Crippen molar-refractivity contribution >= 4 is 167 Å². The Labute approximate surface area is 804 Å². The molecule has 1 aliphatic carbocycles. The van der Waals surface area contributed by atoms with Crippen LogP contribution in [0.4, 0.5) is 0 Å². The number of aromatic hydroxyl groups is 6. The van der Waals surface area contributed by atoms with E-state index in [1.165, 1.54) is 38.2 Å². The average Bonchev–Trinajstić information content (AvgIpc) is 1.74. The topological polar surface area (TPSA) is 125 Å². The molecule has 1 fully saturated rings. The molecule has 0 bridgehead atoms. The summed E-state index contributed by atoms with van der Waals surface area (Å²) in [6, 6.07) is 102. The molecule has 8 unspecified atom stereocenters. The van der Waals surface area contributed by atoms with Gasteiger partial charge in [-0.2, -0.15) is 0 Å². The Morgan fingerprint density at radius 1 is 0.256 bits per heavy atom. The second-order valence-corrected chi connectivity index (χ2v) is 61.6. The normalized spacial score (nSPS) is 14.9. The van der Waals surface area contributed by atoms with Gasteiger partial charge in [0.2, 0.25) is 0 Å². The number of para-hydroxylation sites is 6. The van der Waals surface area contributed by atoms with Crippen molar-refractivity contribution in [3.8, 4) is 34.5 Å². The number of rotatable bonds is 18. The van der Waals surface area contributed by atoms with Crippen molar-refractivity contribution in [1.29, 1.82) is 0 Å². The van der Waals surface area contributed by atoms with Crippen molar-refractivity contribution in [2.45, 2.75) is 188 Å². The van der Waals surface area contributed by atoms with Crippen molar-refractivity contribution < 1.29 is 81.7 Å². The number of halogens is 6. The Morgan fingerprint density at radius 2 is 0.440 bits per heavy atom. The van der Waals surface area contributed by atoms with Gasteiger partial charge in [0.25, 0.3) is 0 Å². The molecule has 0 heterocycles. The molecule has 1 saturated carbocycles. The summed E-state index contributed by atoms with van der Waals surface area (Å²) in [4.78, 5) is 0. The minimum absolute atomic E-state index is 0.142. The first-order chi connectivity index (χ1) is 59.1. The van der Waals surface area contributed by atoms with E-state index in [-0.39, 0.29) is 32.5 Å². The zero-order valence-corrected chi connectivity index (χ0v) is 90.8. The third kappa shape index (κ3) is 28.5. The summed E-state index contributed by atoms with van der Waals surface area (Å²) in [5, 5.41) is 84.3. The first-order valence-corrected chi connectivity index (χ1v) is 64.6. The van der Waals surface area contributed by atoms with Gasteiger partial charge in [0.1, 0.15) is 69.6 Å². The van der Waals surface area contributed by atoms with E-state index in [1.54, 1.807) is 0 Å². The number of nitrogens with zero attached hydrogens (tertiary/aromatic N) is 1. The third-order valence-corrected chi connectivity index (χ3v) is 42.9. The van der Waals surface area contributed by atoms with Crippen LogP contribution >= 0.6 is 104 Å². The van der Waals surface area contributed by atoms with Gasteiger partial charge >= 0.3 is 107 Å². The summed E-state index contributed by atoms with van der Waals surface area (Å²) in [6.07, 6.45) is 3.47. The second kappa shape index (κ2) is 49.0. The molecule has 22 heteroatoms. The fraction of sp³-hybridized carbons (Fsp3) is 0.301. The summed E-state index contributed by atoms with van der Waals surface area (Å²) in [5.41, 5.74) is 5.82. The third-order valence-electron chi connectivity index (χ3n) is 22.6. The van der Waals surface area contributed by atoms with Crippen molar-refractivity contribution in [1.82, 2.24) is 4.44 Å². The molecule has 0 aliphatic heterocycles. The maximum atomic E-state index is 11.8. The van der Waals surface area contributed by atoms with E-state index in [1.807, 2.05) is 36.4 Å². The molecule has 0 amide bonds. The Kier molecular flexibility index (Phi) is 41.7. The fourth-order valence-corrected chi connectivity index (χ4v) is 39.2. The van der Waals surface area contributed by atoms with Crippen LogP contribution < -0.4 is 63.7 Å². The zero-order valence-electron chi connectivity index (χ0n) is 75.6.